The van der Waals surface area contributed by atoms with Crippen LogP contribution in [0.3, 0.4) is 0 Å². The van der Waals surface area contributed by atoms with Crippen molar-refractivity contribution >= 4 is 13.0 Å². The molecule has 0 aliphatic carbocycles. The van der Waals surface area contributed by atoms with Crippen LogP contribution in [0.4, 0.5) is 0 Å². The van der Waals surface area contributed by atoms with Gasteiger partial charge in [-0.2, -0.15) is 0 Å². The van der Waals surface area contributed by atoms with Gasteiger partial charge in [0.15, 0.2) is 0 Å². The van der Waals surface area contributed by atoms with Crippen LogP contribution in [0.2, 0.25) is 0 Å². The number of hydrogen-bond donors (Lipinski definition) is 4. The lowest BCUT2D eigenvalue weighted by atomic mass is 9.77. The van der Waals surface area contributed by atoms with Crippen molar-refractivity contribution in [3.05, 3.63) is 0 Å². The number of nitrogens with zero attached hydrogens (tertiary/aromatic N) is 1. The number of nitrogens with one attached hydrogen (secondary N) is 1. The summed E-state index contributed by atoms with van der Waals surface area (Å²) in [5.74, 6) is -0.505. The largest absolute Gasteiger partial charge is 0.475 e. The SMILES string of the molecule is N[C@@H]1CNC(C(=O)N2CCC[C@H]2B(O)O)C1. The van der Waals surface area contributed by atoms with Crippen LogP contribution in [0.1, 0.15) is 19.3 Å². The van der Waals surface area contributed by atoms with Crippen LogP contribution < -0.4 is 11.1 Å². The Morgan fingerprint density at radius 1 is 1.50 bits per heavy atom. The molecule has 7 heteroatoms. The second kappa shape index (κ2) is 4.71. The molecule has 2 aliphatic heterocycles. The van der Waals surface area contributed by atoms with Gasteiger partial charge in [0.25, 0.3) is 0 Å². The molecule has 0 radical (unpaired) electrons. The third-order valence-corrected chi connectivity index (χ3v) is 3.39. The molecular weight excluding hydrogens is 209 g/mol. The number of carbonyl (C=O) groups excluding carboxylic acids is 1. The smallest absolute Gasteiger partial charge is 0.426 e. The van der Waals surface area contributed by atoms with Gasteiger partial charge >= 0.3 is 7.12 Å². The molecule has 0 bridgehead atoms. The van der Waals surface area contributed by atoms with Crippen molar-refractivity contribution in [2.24, 2.45) is 5.73 Å². The predicted octanol–water partition coefficient (Wildman–Crippen LogP) is -2.32. The van der Waals surface area contributed by atoms with E-state index in [2.05, 4.69) is 5.32 Å². The van der Waals surface area contributed by atoms with Gasteiger partial charge < -0.3 is 26.0 Å². The van der Waals surface area contributed by atoms with Crippen LogP contribution in [0.5, 0.6) is 0 Å². The Balaban J connectivity index is 1.98. The summed E-state index contributed by atoms with van der Waals surface area (Å²) in [6, 6.07) is -0.233. The summed E-state index contributed by atoms with van der Waals surface area (Å²) < 4.78 is 0. The molecule has 2 heterocycles. The first kappa shape index (κ1) is 11.8. The van der Waals surface area contributed by atoms with Crippen molar-refractivity contribution in [2.75, 3.05) is 13.1 Å². The van der Waals surface area contributed by atoms with Gasteiger partial charge in [-0.25, -0.2) is 0 Å². The highest BCUT2D eigenvalue weighted by Crippen LogP contribution is 2.20. The average molecular weight is 227 g/mol. The summed E-state index contributed by atoms with van der Waals surface area (Å²) in [4.78, 5) is 13.7. The van der Waals surface area contributed by atoms with Crippen molar-refractivity contribution in [3.63, 3.8) is 0 Å². The minimum absolute atomic E-state index is 0.0223. The van der Waals surface area contributed by atoms with E-state index in [1.54, 1.807) is 4.90 Å². The zero-order valence-electron chi connectivity index (χ0n) is 9.17. The molecule has 16 heavy (non-hydrogen) atoms. The van der Waals surface area contributed by atoms with Gasteiger partial charge in [0, 0.05) is 19.1 Å². The van der Waals surface area contributed by atoms with E-state index in [0.29, 0.717) is 25.9 Å². The molecule has 0 aromatic carbocycles. The minimum Gasteiger partial charge on any atom is -0.426 e. The number of carbonyl (C=O) groups is 1. The summed E-state index contributed by atoms with van der Waals surface area (Å²) in [5.41, 5.74) is 5.72. The van der Waals surface area contributed by atoms with Crippen molar-refractivity contribution < 1.29 is 14.8 Å². The molecule has 2 fully saturated rings. The average Bonchev–Trinajstić information content (AvgIpc) is 2.84. The maximum absolute atomic E-state index is 12.1. The summed E-state index contributed by atoms with van der Waals surface area (Å²) in [6.07, 6.45) is 2.11. The van der Waals surface area contributed by atoms with Crippen molar-refractivity contribution in [1.29, 1.82) is 0 Å². The molecule has 0 aromatic heterocycles. The van der Waals surface area contributed by atoms with Crippen LogP contribution in [0.15, 0.2) is 0 Å². The zero-order chi connectivity index (χ0) is 11.7. The van der Waals surface area contributed by atoms with E-state index in [9.17, 15) is 14.8 Å². The van der Waals surface area contributed by atoms with E-state index >= 15 is 0 Å². The molecule has 3 atom stereocenters. The molecule has 2 saturated heterocycles. The standard InChI is InChI=1S/C9H18BN3O3/c11-6-4-7(12-5-6)9(14)13-3-1-2-8(13)10(15)16/h6-8,12,15-16H,1-5,11H2/t6-,7?,8-/m0/s1. The summed E-state index contributed by atoms with van der Waals surface area (Å²) in [5, 5.41) is 21.4. The number of rotatable bonds is 2. The van der Waals surface area contributed by atoms with Crippen LogP contribution >= 0.6 is 0 Å². The highest BCUT2D eigenvalue weighted by Gasteiger charge is 2.40. The molecule has 2 rings (SSSR count). The van der Waals surface area contributed by atoms with E-state index in [-0.39, 0.29) is 18.0 Å². The number of likely N-dealkylation sites (tertiary alicyclic amines) is 1. The Morgan fingerprint density at radius 2 is 2.25 bits per heavy atom. The Morgan fingerprint density at radius 3 is 2.81 bits per heavy atom. The third kappa shape index (κ3) is 2.22. The Hall–Kier alpha value is -0.625. The Labute approximate surface area is 94.9 Å². The van der Waals surface area contributed by atoms with E-state index in [1.165, 1.54) is 0 Å². The first-order chi connectivity index (χ1) is 7.59. The highest BCUT2D eigenvalue weighted by atomic mass is 16.4. The number of nitrogens with two attached hydrogens (primary N) is 1. The summed E-state index contributed by atoms with van der Waals surface area (Å²) in [7, 11) is -1.44. The fraction of sp³-hybridized carbons (Fsp3) is 0.889. The highest BCUT2D eigenvalue weighted by molar-refractivity contribution is 6.43. The lowest BCUT2D eigenvalue weighted by Crippen LogP contribution is -2.51. The molecule has 0 aromatic rings. The zero-order valence-corrected chi connectivity index (χ0v) is 9.17. The second-order valence-corrected chi connectivity index (χ2v) is 4.61. The van der Waals surface area contributed by atoms with Gasteiger partial charge in [-0.15, -0.1) is 0 Å². The van der Waals surface area contributed by atoms with Crippen LogP contribution in [-0.4, -0.2) is 59.1 Å². The lowest BCUT2D eigenvalue weighted by Gasteiger charge is -2.26. The molecule has 90 valence electrons. The van der Waals surface area contributed by atoms with Gasteiger partial charge in [0.2, 0.25) is 5.91 Å². The Kier molecular flexibility index (Phi) is 3.49. The van der Waals surface area contributed by atoms with Crippen molar-refractivity contribution in [3.8, 4) is 0 Å². The van der Waals surface area contributed by atoms with E-state index in [1.807, 2.05) is 0 Å². The van der Waals surface area contributed by atoms with Crippen LogP contribution in [0.25, 0.3) is 0 Å². The molecule has 2 aliphatic rings. The van der Waals surface area contributed by atoms with E-state index in [4.69, 9.17) is 5.73 Å². The molecule has 5 N–H and O–H groups in total. The fourth-order valence-corrected chi connectivity index (χ4v) is 2.53. The molecule has 1 amide bonds. The van der Waals surface area contributed by atoms with Crippen LogP contribution in [0, 0.1) is 0 Å². The number of amides is 1. The van der Waals surface area contributed by atoms with Gasteiger partial charge in [0.05, 0.1) is 12.0 Å². The normalized spacial score (nSPS) is 34.4. The lowest BCUT2D eigenvalue weighted by molar-refractivity contribution is -0.133. The maximum Gasteiger partial charge on any atom is 0.475 e. The predicted molar refractivity (Wildman–Crippen MR) is 59.3 cm³/mol. The van der Waals surface area contributed by atoms with Crippen LogP contribution in [-0.2, 0) is 4.79 Å². The first-order valence-electron chi connectivity index (χ1n) is 5.75. The maximum atomic E-state index is 12.1. The van der Waals surface area contributed by atoms with Gasteiger partial charge in [-0.05, 0) is 19.3 Å². The van der Waals surface area contributed by atoms with Crippen molar-refractivity contribution in [2.45, 2.75) is 37.3 Å². The van der Waals surface area contributed by atoms with Gasteiger partial charge in [-0.3, -0.25) is 4.79 Å². The quantitative estimate of drug-likeness (QED) is 0.397. The molecule has 0 saturated carbocycles. The van der Waals surface area contributed by atoms with E-state index in [0.717, 1.165) is 6.42 Å². The summed E-state index contributed by atoms with van der Waals surface area (Å²) in [6.45, 7) is 1.26. The summed E-state index contributed by atoms with van der Waals surface area (Å²) >= 11 is 0. The third-order valence-electron chi connectivity index (χ3n) is 3.39. The molecule has 1 unspecified atom stereocenters. The monoisotopic (exact) mass is 227 g/mol. The minimum atomic E-state index is -1.44. The van der Waals surface area contributed by atoms with E-state index < -0.39 is 13.1 Å². The second-order valence-electron chi connectivity index (χ2n) is 4.61. The first-order valence-corrected chi connectivity index (χ1v) is 5.75. The van der Waals surface area contributed by atoms with Crippen molar-refractivity contribution in [1.82, 2.24) is 10.2 Å². The van der Waals surface area contributed by atoms with Gasteiger partial charge in [-0.1, -0.05) is 0 Å². The topological polar surface area (TPSA) is 98.8 Å². The number of hydrogen-bond acceptors (Lipinski definition) is 5. The molecule has 6 nitrogen and oxygen atoms in total. The molecule has 0 spiro atoms. The fourth-order valence-electron chi connectivity index (χ4n) is 2.53. The Bertz CT molecular complexity index is 277. The van der Waals surface area contributed by atoms with Gasteiger partial charge in [0.1, 0.15) is 0 Å². The molecular formula is C9H18BN3O3.